The fourth-order valence-electron chi connectivity index (χ4n) is 4.16. The maximum absolute atomic E-state index is 11.7. The highest BCUT2D eigenvalue weighted by atomic mass is 32.3. The first-order chi connectivity index (χ1) is 18.3. The van der Waals surface area contributed by atoms with Crippen molar-refractivity contribution in [2.24, 2.45) is 0 Å². The lowest BCUT2D eigenvalue weighted by molar-refractivity contribution is -0.138. The van der Waals surface area contributed by atoms with Crippen LogP contribution in [0.15, 0.2) is 0 Å². The van der Waals surface area contributed by atoms with E-state index < -0.39 is 22.3 Å². The van der Waals surface area contributed by atoms with Gasteiger partial charge >= 0.3 is 22.3 Å². The number of carbonyl (C=O) groups is 2. The molecule has 228 valence electrons. The Bertz CT molecular complexity index is 587. The van der Waals surface area contributed by atoms with Crippen LogP contribution in [0.1, 0.15) is 163 Å². The molecule has 0 N–H and O–H groups in total. The third-order valence-corrected chi connectivity index (χ3v) is 7.48. The van der Waals surface area contributed by atoms with Gasteiger partial charge in [-0.15, -0.1) is 8.42 Å². The second kappa shape index (κ2) is 28.8. The van der Waals surface area contributed by atoms with E-state index in [1.54, 1.807) is 0 Å². The summed E-state index contributed by atoms with van der Waals surface area (Å²) in [5.41, 5.74) is 0. The second-order valence-electron chi connectivity index (χ2n) is 10.1. The third-order valence-electron chi connectivity index (χ3n) is 6.70. The number of hydrogen-bond acceptors (Lipinski definition) is 7. The van der Waals surface area contributed by atoms with Crippen LogP contribution >= 0.6 is 0 Å². The molecule has 0 radical (unpaired) electrons. The molecule has 0 saturated heterocycles. The van der Waals surface area contributed by atoms with Gasteiger partial charge < -0.3 is 13.3 Å². The Morgan fingerprint density at radius 1 is 0.474 bits per heavy atom. The summed E-state index contributed by atoms with van der Waals surface area (Å²) in [7, 11) is -4.60. The van der Waals surface area contributed by atoms with E-state index in [-0.39, 0.29) is 12.8 Å². The maximum Gasteiger partial charge on any atom is 0.506 e. The zero-order valence-corrected chi connectivity index (χ0v) is 26.4. The Morgan fingerprint density at radius 2 is 0.737 bits per heavy atom. The molecule has 0 saturated carbocycles. The molecular weight excluding hydrogens is 502 g/mol. The van der Waals surface area contributed by atoms with Crippen molar-refractivity contribution in [2.75, 3.05) is 19.6 Å². The number of carbonyl (C=O) groups excluding carboxylic acids is 2. The van der Waals surface area contributed by atoms with Crippen LogP contribution in [0, 0.1) is 0 Å². The van der Waals surface area contributed by atoms with Crippen LogP contribution in [-0.4, -0.2) is 44.9 Å². The van der Waals surface area contributed by atoms with E-state index in [2.05, 4.69) is 47.9 Å². The Labute approximate surface area is 236 Å². The highest BCUT2D eigenvalue weighted by Gasteiger charge is 2.22. The Balaban J connectivity index is 0. The van der Waals surface area contributed by atoms with E-state index in [9.17, 15) is 18.0 Å². The van der Waals surface area contributed by atoms with Crippen molar-refractivity contribution in [1.82, 2.24) is 4.90 Å². The first kappa shape index (κ1) is 39.0. The Hall–Kier alpha value is -1.15. The molecule has 0 aliphatic heterocycles. The fourth-order valence-corrected chi connectivity index (χ4v) is 4.81. The van der Waals surface area contributed by atoms with Crippen molar-refractivity contribution in [3.63, 3.8) is 0 Å². The van der Waals surface area contributed by atoms with Crippen molar-refractivity contribution in [3.8, 4) is 0 Å². The highest BCUT2D eigenvalue weighted by molar-refractivity contribution is 7.82. The molecule has 0 fully saturated rings. The quantitative estimate of drug-likeness (QED) is 0.103. The van der Waals surface area contributed by atoms with Gasteiger partial charge in [0.15, 0.2) is 0 Å². The standard InChI is InChI=1S/C24H46O6S.C6H15N/c1-3-5-7-9-11-13-15-17-19-21-23(25)29-31(27,28)30-24(26)22-20-18-16-14-12-10-8-6-4-2;1-4-7(5-2)6-3/h3-22H2,1-2H3;4-6H2,1-3H3. The van der Waals surface area contributed by atoms with Crippen LogP contribution in [0.3, 0.4) is 0 Å². The van der Waals surface area contributed by atoms with E-state index in [4.69, 9.17) is 0 Å². The smallest absolute Gasteiger partial charge is 0.316 e. The molecule has 0 atom stereocenters. The van der Waals surface area contributed by atoms with Crippen LogP contribution in [0.2, 0.25) is 0 Å². The summed E-state index contributed by atoms with van der Waals surface area (Å²) in [5.74, 6) is -1.72. The zero-order valence-electron chi connectivity index (χ0n) is 25.6. The van der Waals surface area contributed by atoms with Gasteiger partial charge in [-0.05, 0) is 32.5 Å². The van der Waals surface area contributed by atoms with Crippen LogP contribution < -0.4 is 0 Å². The predicted octanol–water partition coefficient (Wildman–Crippen LogP) is 8.51. The minimum absolute atomic E-state index is 0.0187. The molecule has 0 rings (SSSR count). The molecular formula is C30H61NO6S. The minimum Gasteiger partial charge on any atom is -0.316 e. The van der Waals surface area contributed by atoms with Gasteiger partial charge in [-0.3, -0.25) is 9.59 Å². The lowest BCUT2D eigenvalue weighted by Crippen LogP contribution is -2.21. The van der Waals surface area contributed by atoms with E-state index in [1.807, 2.05) is 0 Å². The largest absolute Gasteiger partial charge is 0.506 e. The summed E-state index contributed by atoms with van der Waals surface area (Å²) in [6.45, 7) is 14.5. The Kier molecular flexibility index (Phi) is 29.6. The molecule has 8 heteroatoms. The SMILES string of the molecule is CCCCCCCCCCCC(=O)OS(=O)(=O)OC(=O)CCCCCCCCCCC.CCN(CC)CC. The van der Waals surface area contributed by atoms with Gasteiger partial charge in [-0.1, -0.05) is 137 Å². The van der Waals surface area contributed by atoms with Gasteiger partial charge in [-0.25, -0.2) is 0 Å². The molecule has 0 spiro atoms. The van der Waals surface area contributed by atoms with Crippen LogP contribution in [-0.2, 0) is 28.4 Å². The predicted molar refractivity (Wildman–Crippen MR) is 158 cm³/mol. The number of hydrogen-bond donors (Lipinski definition) is 0. The molecule has 0 aliphatic rings. The van der Waals surface area contributed by atoms with Gasteiger partial charge in [0.05, 0.1) is 0 Å². The van der Waals surface area contributed by atoms with Crippen molar-refractivity contribution in [2.45, 2.75) is 163 Å². The summed E-state index contributed by atoms with van der Waals surface area (Å²) in [6.07, 6.45) is 19.7. The van der Waals surface area contributed by atoms with Gasteiger partial charge in [0, 0.05) is 12.8 Å². The van der Waals surface area contributed by atoms with Crippen molar-refractivity contribution < 1.29 is 26.4 Å². The summed E-state index contributed by atoms with van der Waals surface area (Å²) in [5, 5.41) is 0. The van der Waals surface area contributed by atoms with Gasteiger partial charge in [0.2, 0.25) is 0 Å². The number of unbranched alkanes of at least 4 members (excludes halogenated alkanes) is 16. The molecule has 0 aromatic heterocycles. The molecule has 0 amide bonds. The van der Waals surface area contributed by atoms with Crippen molar-refractivity contribution in [1.29, 1.82) is 0 Å². The molecule has 7 nitrogen and oxygen atoms in total. The molecule has 0 unspecified atom stereocenters. The van der Waals surface area contributed by atoms with Crippen molar-refractivity contribution in [3.05, 3.63) is 0 Å². The molecule has 0 heterocycles. The molecule has 38 heavy (non-hydrogen) atoms. The molecule has 0 aromatic carbocycles. The monoisotopic (exact) mass is 563 g/mol. The summed E-state index contributed by atoms with van der Waals surface area (Å²) < 4.78 is 32.1. The molecule has 0 aromatic rings. The van der Waals surface area contributed by atoms with E-state index in [0.29, 0.717) is 12.8 Å². The number of nitrogens with zero attached hydrogens (tertiary/aromatic N) is 1. The first-order valence-electron chi connectivity index (χ1n) is 15.7. The van der Waals surface area contributed by atoms with Crippen LogP contribution in [0.25, 0.3) is 0 Å². The molecule has 0 bridgehead atoms. The summed E-state index contributed by atoms with van der Waals surface area (Å²) in [4.78, 5) is 25.7. The maximum atomic E-state index is 11.7. The van der Waals surface area contributed by atoms with Gasteiger partial charge in [0.25, 0.3) is 0 Å². The summed E-state index contributed by atoms with van der Waals surface area (Å²) in [6, 6.07) is 0. The fraction of sp³-hybridized carbons (Fsp3) is 0.933. The van der Waals surface area contributed by atoms with E-state index >= 15 is 0 Å². The molecule has 0 aliphatic carbocycles. The highest BCUT2D eigenvalue weighted by Crippen LogP contribution is 2.13. The topological polar surface area (TPSA) is 90.0 Å². The zero-order chi connectivity index (χ0) is 28.9. The minimum atomic E-state index is -4.60. The average Bonchev–Trinajstić information content (AvgIpc) is 2.87. The van der Waals surface area contributed by atoms with Gasteiger partial charge in [0.1, 0.15) is 0 Å². The van der Waals surface area contributed by atoms with E-state index in [0.717, 1.165) is 38.5 Å². The van der Waals surface area contributed by atoms with Crippen LogP contribution in [0.5, 0.6) is 0 Å². The summed E-state index contributed by atoms with van der Waals surface area (Å²) >= 11 is 0. The normalized spacial score (nSPS) is 11.2. The van der Waals surface area contributed by atoms with Crippen LogP contribution in [0.4, 0.5) is 0 Å². The first-order valence-corrected chi connectivity index (χ1v) is 17.0. The Morgan fingerprint density at radius 3 is 0.974 bits per heavy atom. The van der Waals surface area contributed by atoms with Crippen molar-refractivity contribution >= 4 is 22.3 Å². The third kappa shape index (κ3) is 29.4. The van der Waals surface area contributed by atoms with E-state index in [1.165, 1.54) is 83.8 Å². The average molecular weight is 564 g/mol. The lowest BCUT2D eigenvalue weighted by atomic mass is 10.1. The van der Waals surface area contributed by atoms with Gasteiger partial charge in [-0.2, -0.15) is 0 Å². The number of rotatable bonds is 25. The second-order valence-corrected chi connectivity index (χ2v) is 11.2. The lowest BCUT2D eigenvalue weighted by Gasteiger charge is -2.13.